The van der Waals surface area contributed by atoms with Crippen LogP contribution in [0, 0.1) is 5.41 Å². The summed E-state index contributed by atoms with van der Waals surface area (Å²) in [5.74, 6) is 0.284. The van der Waals surface area contributed by atoms with Gasteiger partial charge in [-0.3, -0.25) is 4.79 Å². The fourth-order valence-electron chi connectivity index (χ4n) is 2.41. The minimum absolute atomic E-state index is 0.187. The average Bonchev–Trinajstić information content (AvgIpc) is 2.98. The van der Waals surface area contributed by atoms with Crippen LogP contribution in [0.2, 0.25) is 0 Å². The summed E-state index contributed by atoms with van der Waals surface area (Å²) in [5.41, 5.74) is 6.85. The zero-order valence-electron chi connectivity index (χ0n) is 9.24. The number of amides is 1. The number of fused-ring (bicyclic) bond motifs is 1. The third kappa shape index (κ3) is 1.48. The molecule has 2 heterocycles. The molecule has 1 fully saturated rings. The van der Waals surface area contributed by atoms with Crippen molar-refractivity contribution in [1.29, 1.82) is 0 Å². The van der Waals surface area contributed by atoms with Crippen LogP contribution in [0.1, 0.15) is 23.3 Å². The van der Waals surface area contributed by atoms with E-state index in [4.69, 9.17) is 5.73 Å². The van der Waals surface area contributed by atoms with Gasteiger partial charge in [-0.25, -0.2) is 0 Å². The van der Waals surface area contributed by atoms with Gasteiger partial charge in [-0.05, 0) is 36.3 Å². The molecule has 1 aliphatic carbocycles. The Kier molecular flexibility index (Phi) is 2.30. The summed E-state index contributed by atoms with van der Waals surface area (Å²) in [6.45, 7) is 2.17. The SMILES string of the molecule is NCC1(C(=O)N2CCc3sccc3C2)CC1. The van der Waals surface area contributed by atoms with Crippen molar-refractivity contribution in [1.82, 2.24) is 4.90 Å². The minimum atomic E-state index is -0.187. The topological polar surface area (TPSA) is 46.3 Å². The molecular formula is C12H16N2OS. The maximum atomic E-state index is 12.3. The summed E-state index contributed by atoms with van der Waals surface area (Å²) in [5, 5.41) is 2.12. The lowest BCUT2D eigenvalue weighted by molar-refractivity contribution is -0.137. The van der Waals surface area contributed by atoms with Crippen LogP contribution >= 0.6 is 11.3 Å². The summed E-state index contributed by atoms with van der Waals surface area (Å²) >= 11 is 1.81. The molecule has 0 atom stereocenters. The Morgan fingerprint density at radius 3 is 3.06 bits per heavy atom. The zero-order valence-corrected chi connectivity index (χ0v) is 10.1. The fraction of sp³-hybridized carbons (Fsp3) is 0.583. The normalized spacial score (nSPS) is 21.7. The van der Waals surface area contributed by atoms with E-state index >= 15 is 0 Å². The number of carbonyl (C=O) groups is 1. The molecule has 1 aliphatic heterocycles. The molecule has 16 heavy (non-hydrogen) atoms. The Morgan fingerprint density at radius 1 is 1.56 bits per heavy atom. The minimum Gasteiger partial charge on any atom is -0.337 e. The van der Waals surface area contributed by atoms with Gasteiger partial charge in [-0.2, -0.15) is 0 Å². The highest BCUT2D eigenvalue weighted by Gasteiger charge is 2.50. The smallest absolute Gasteiger partial charge is 0.230 e. The molecule has 1 amide bonds. The summed E-state index contributed by atoms with van der Waals surface area (Å²) < 4.78 is 0. The van der Waals surface area contributed by atoms with Crippen molar-refractivity contribution < 1.29 is 4.79 Å². The molecule has 0 aromatic carbocycles. The Morgan fingerprint density at radius 2 is 2.38 bits per heavy atom. The lowest BCUT2D eigenvalue weighted by atomic mass is 10.0. The number of rotatable bonds is 2. The van der Waals surface area contributed by atoms with Crippen LogP contribution in [0.15, 0.2) is 11.4 Å². The Hall–Kier alpha value is -0.870. The molecule has 86 valence electrons. The molecule has 2 aliphatic rings. The number of nitrogens with zero attached hydrogens (tertiary/aromatic N) is 1. The van der Waals surface area contributed by atoms with Crippen molar-refractivity contribution in [3.63, 3.8) is 0 Å². The van der Waals surface area contributed by atoms with Crippen LogP contribution in [-0.4, -0.2) is 23.9 Å². The lowest BCUT2D eigenvalue weighted by Gasteiger charge is -2.30. The highest BCUT2D eigenvalue weighted by atomic mass is 32.1. The number of thiophene rings is 1. The summed E-state index contributed by atoms with van der Waals surface area (Å²) in [7, 11) is 0. The number of nitrogens with two attached hydrogens (primary N) is 1. The van der Waals surface area contributed by atoms with Crippen molar-refractivity contribution in [2.24, 2.45) is 11.1 Å². The van der Waals surface area contributed by atoms with Crippen LogP contribution in [0.3, 0.4) is 0 Å². The second-order valence-corrected chi connectivity index (χ2v) is 5.83. The van der Waals surface area contributed by atoms with Crippen LogP contribution in [0.5, 0.6) is 0 Å². The van der Waals surface area contributed by atoms with Crippen LogP contribution in [0.25, 0.3) is 0 Å². The maximum Gasteiger partial charge on any atom is 0.230 e. The lowest BCUT2D eigenvalue weighted by Crippen LogP contribution is -2.42. The van der Waals surface area contributed by atoms with E-state index < -0.39 is 0 Å². The van der Waals surface area contributed by atoms with Gasteiger partial charge in [0.25, 0.3) is 0 Å². The largest absolute Gasteiger partial charge is 0.337 e. The van der Waals surface area contributed by atoms with Gasteiger partial charge in [0.15, 0.2) is 0 Å². The highest BCUT2D eigenvalue weighted by Crippen LogP contribution is 2.46. The number of carbonyl (C=O) groups excluding carboxylic acids is 1. The molecule has 1 aromatic rings. The third-order valence-electron chi connectivity index (χ3n) is 3.79. The predicted octanol–water partition coefficient (Wildman–Crippen LogP) is 1.37. The van der Waals surface area contributed by atoms with E-state index in [1.807, 2.05) is 4.90 Å². The first-order valence-corrected chi connectivity index (χ1v) is 6.68. The zero-order chi connectivity index (χ0) is 11.2. The van der Waals surface area contributed by atoms with Gasteiger partial charge >= 0.3 is 0 Å². The van der Waals surface area contributed by atoms with E-state index in [-0.39, 0.29) is 11.3 Å². The Balaban J connectivity index is 1.77. The molecule has 1 saturated carbocycles. The molecule has 0 bridgehead atoms. The number of hydrogen-bond acceptors (Lipinski definition) is 3. The van der Waals surface area contributed by atoms with Gasteiger partial charge in [-0.1, -0.05) is 0 Å². The molecule has 4 heteroatoms. The van der Waals surface area contributed by atoms with Crippen LogP contribution < -0.4 is 5.73 Å². The molecule has 0 spiro atoms. The van der Waals surface area contributed by atoms with Gasteiger partial charge in [-0.15, -0.1) is 11.3 Å². The predicted molar refractivity (Wildman–Crippen MR) is 64.2 cm³/mol. The van der Waals surface area contributed by atoms with E-state index in [0.717, 1.165) is 32.4 Å². The van der Waals surface area contributed by atoms with Gasteiger partial charge in [0.05, 0.1) is 5.41 Å². The Bertz CT molecular complexity index is 422. The van der Waals surface area contributed by atoms with Gasteiger partial charge in [0, 0.05) is 24.5 Å². The second kappa shape index (κ2) is 3.57. The van der Waals surface area contributed by atoms with E-state index in [1.54, 1.807) is 11.3 Å². The first-order valence-electron chi connectivity index (χ1n) is 5.80. The van der Waals surface area contributed by atoms with E-state index in [0.29, 0.717) is 6.54 Å². The van der Waals surface area contributed by atoms with Crippen LogP contribution in [-0.2, 0) is 17.8 Å². The van der Waals surface area contributed by atoms with Crippen LogP contribution in [0.4, 0.5) is 0 Å². The highest BCUT2D eigenvalue weighted by molar-refractivity contribution is 7.10. The van der Waals surface area contributed by atoms with Crippen molar-refractivity contribution >= 4 is 17.2 Å². The molecule has 3 nitrogen and oxygen atoms in total. The van der Waals surface area contributed by atoms with Crippen molar-refractivity contribution in [2.75, 3.05) is 13.1 Å². The monoisotopic (exact) mass is 236 g/mol. The molecule has 0 saturated heterocycles. The third-order valence-corrected chi connectivity index (χ3v) is 4.82. The van der Waals surface area contributed by atoms with Gasteiger partial charge in [0.2, 0.25) is 5.91 Å². The summed E-state index contributed by atoms with van der Waals surface area (Å²) in [6, 6.07) is 2.14. The van der Waals surface area contributed by atoms with E-state index in [2.05, 4.69) is 11.4 Å². The average molecular weight is 236 g/mol. The summed E-state index contributed by atoms with van der Waals surface area (Å²) in [4.78, 5) is 15.7. The molecule has 1 aromatic heterocycles. The van der Waals surface area contributed by atoms with Crippen molar-refractivity contribution in [3.05, 3.63) is 21.9 Å². The molecule has 2 N–H and O–H groups in total. The van der Waals surface area contributed by atoms with E-state index in [1.165, 1.54) is 10.4 Å². The Labute approximate surface area is 99.2 Å². The second-order valence-electron chi connectivity index (χ2n) is 4.83. The fourth-order valence-corrected chi connectivity index (χ4v) is 3.30. The van der Waals surface area contributed by atoms with E-state index in [9.17, 15) is 4.79 Å². The number of hydrogen-bond donors (Lipinski definition) is 1. The first-order chi connectivity index (χ1) is 7.75. The quantitative estimate of drug-likeness (QED) is 0.843. The molecule has 3 rings (SSSR count). The van der Waals surface area contributed by atoms with Crippen molar-refractivity contribution in [2.45, 2.75) is 25.8 Å². The molecule has 0 unspecified atom stereocenters. The standard InChI is InChI=1S/C12H16N2OS/c13-8-12(3-4-12)11(15)14-5-1-10-9(7-14)2-6-16-10/h2,6H,1,3-5,7-8,13H2. The maximum absolute atomic E-state index is 12.3. The molecule has 0 radical (unpaired) electrons. The van der Waals surface area contributed by atoms with Crippen molar-refractivity contribution in [3.8, 4) is 0 Å². The van der Waals surface area contributed by atoms with Gasteiger partial charge in [0.1, 0.15) is 0 Å². The summed E-state index contributed by atoms with van der Waals surface area (Å²) in [6.07, 6.45) is 2.98. The van der Waals surface area contributed by atoms with Gasteiger partial charge < -0.3 is 10.6 Å². The molecular weight excluding hydrogens is 220 g/mol. The first kappa shape index (κ1) is 10.3.